The molecule has 0 aliphatic heterocycles. The van der Waals surface area contributed by atoms with Gasteiger partial charge in [-0.2, -0.15) is 5.10 Å². The minimum absolute atomic E-state index is 0.188. The van der Waals surface area contributed by atoms with Crippen molar-refractivity contribution >= 4 is 17.1 Å². The molecule has 3 rings (SSSR count). The standard InChI is InChI=1S/C13H11N3O3/c1-7-5-10(16(2)15-7)12-14-9-6-8(13(17)18)3-4-11(9)19-12/h3-6H,1-2H3,(H,17,18). The van der Waals surface area contributed by atoms with Gasteiger partial charge in [-0.25, -0.2) is 9.78 Å². The van der Waals surface area contributed by atoms with E-state index in [-0.39, 0.29) is 5.56 Å². The fraction of sp³-hybridized carbons (Fsp3) is 0.154. The summed E-state index contributed by atoms with van der Waals surface area (Å²) in [4.78, 5) is 15.2. The second kappa shape index (κ2) is 3.94. The van der Waals surface area contributed by atoms with Crippen LogP contribution < -0.4 is 0 Å². The van der Waals surface area contributed by atoms with Crippen LogP contribution in [0.15, 0.2) is 28.7 Å². The molecule has 1 N–H and O–H groups in total. The zero-order valence-corrected chi connectivity index (χ0v) is 10.4. The Bertz CT molecular complexity index is 786. The third-order valence-electron chi connectivity index (χ3n) is 2.86. The van der Waals surface area contributed by atoms with Crippen LogP contribution in [0.4, 0.5) is 0 Å². The van der Waals surface area contributed by atoms with E-state index in [1.165, 1.54) is 12.1 Å². The van der Waals surface area contributed by atoms with Gasteiger partial charge in [-0.05, 0) is 31.2 Å². The number of carboxylic acid groups (broad SMARTS) is 1. The van der Waals surface area contributed by atoms with Gasteiger partial charge in [0.15, 0.2) is 5.58 Å². The second-order valence-electron chi connectivity index (χ2n) is 4.30. The quantitative estimate of drug-likeness (QED) is 0.761. The number of rotatable bonds is 2. The van der Waals surface area contributed by atoms with E-state index in [4.69, 9.17) is 9.52 Å². The SMILES string of the molecule is Cc1cc(-c2nc3cc(C(=O)O)ccc3o2)n(C)n1. The Kier molecular flexibility index (Phi) is 2.38. The summed E-state index contributed by atoms with van der Waals surface area (Å²) < 4.78 is 7.30. The monoisotopic (exact) mass is 257 g/mol. The molecule has 0 saturated heterocycles. The topological polar surface area (TPSA) is 81.1 Å². The molecular formula is C13H11N3O3. The number of oxazole rings is 1. The van der Waals surface area contributed by atoms with Crippen molar-refractivity contribution in [2.45, 2.75) is 6.92 Å². The van der Waals surface area contributed by atoms with Crippen molar-refractivity contribution in [2.75, 3.05) is 0 Å². The molecule has 0 fully saturated rings. The summed E-state index contributed by atoms with van der Waals surface area (Å²) in [5, 5.41) is 13.2. The number of aromatic nitrogens is 3. The zero-order chi connectivity index (χ0) is 13.6. The molecular weight excluding hydrogens is 246 g/mol. The molecule has 0 aliphatic rings. The number of carboxylic acids is 1. The number of aryl methyl sites for hydroxylation is 2. The number of nitrogens with zero attached hydrogens (tertiary/aromatic N) is 3. The number of hydrogen-bond acceptors (Lipinski definition) is 4. The van der Waals surface area contributed by atoms with Crippen molar-refractivity contribution < 1.29 is 14.3 Å². The molecule has 0 spiro atoms. The molecule has 0 saturated carbocycles. The van der Waals surface area contributed by atoms with Crippen molar-refractivity contribution in [1.82, 2.24) is 14.8 Å². The molecule has 2 heterocycles. The summed E-state index contributed by atoms with van der Waals surface area (Å²) in [6.07, 6.45) is 0. The molecule has 0 aliphatic carbocycles. The number of carbonyl (C=O) groups is 1. The minimum Gasteiger partial charge on any atom is -0.478 e. The van der Waals surface area contributed by atoms with E-state index < -0.39 is 5.97 Å². The third-order valence-corrected chi connectivity index (χ3v) is 2.86. The molecule has 96 valence electrons. The fourth-order valence-electron chi connectivity index (χ4n) is 1.98. The highest BCUT2D eigenvalue weighted by atomic mass is 16.4. The molecule has 6 heteroatoms. The van der Waals surface area contributed by atoms with Crippen molar-refractivity contribution in [3.05, 3.63) is 35.5 Å². The maximum Gasteiger partial charge on any atom is 0.335 e. The van der Waals surface area contributed by atoms with Crippen LogP contribution in [0.5, 0.6) is 0 Å². The van der Waals surface area contributed by atoms with Crippen molar-refractivity contribution in [3.63, 3.8) is 0 Å². The fourth-order valence-corrected chi connectivity index (χ4v) is 1.98. The molecule has 0 unspecified atom stereocenters. The van der Waals surface area contributed by atoms with Crippen LogP contribution in [0.3, 0.4) is 0 Å². The Labute approximate surface area is 108 Å². The average Bonchev–Trinajstić information content (AvgIpc) is 2.90. The van der Waals surface area contributed by atoms with Crippen LogP contribution in [0.1, 0.15) is 16.1 Å². The Morgan fingerprint density at radius 2 is 2.16 bits per heavy atom. The first kappa shape index (κ1) is 11.5. The Morgan fingerprint density at radius 1 is 1.37 bits per heavy atom. The predicted octanol–water partition coefficient (Wildman–Crippen LogP) is 2.23. The summed E-state index contributed by atoms with van der Waals surface area (Å²) in [5.74, 6) is -0.552. The first-order valence-corrected chi connectivity index (χ1v) is 5.69. The van der Waals surface area contributed by atoms with E-state index in [9.17, 15) is 4.79 Å². The van der Waals surface area contributed by atoms with Gasteiger partial charge in [0.05, 0.1) is 11.3 Å². The first-order chi connectivity index (χ1) is 9.04. The average molecular weight is 257 g/mol. The van der Waals surface area contributed by atoms with Gasteiger partial charge in [-0.1, -0.05) is 0 Å². The molecule has 6 nitrogen and oxygen atoms in total. The van der Waals surface area contributed by atoms with E-state index >= 15 is 0 Å². The Hall–Kier alpha value is -2.63. The zero-order valence-electron chi connectivity index (χ0n) is 10.4. The maximum absolute atomic E-state index is 10.9. The first-order valence-electron chi connectivity index (χ1n) is 5.69. The van der Waals surface area contributed by atoms with E-state index in [0.29, 0.717) is 17.0 Å². The van der Waals surface area contributed by atoms with E-state index in [0.717, 1.165) is 11.4 Å². The van der Waals surface area contributed by atoms with Crippen LogP contribution in [-0.4, -0.2) is 25.8 Å². The molecule has 0 amide bonds. The highest BCUT2D eigenvalue weighted by molar-refractivity contribution is 5.92. The Morgan fingerprint density at radius 3 is 2.79 bits per heavy atom. The van der Waals surface area contributed by atoms with Gasteiger partial charge in [0.2, 0.25) is 5.89 Å². The lowest BCUT2D eigenvalue weighted by molar-refractivity contribution is 0.0697. The number of aromatic carboxylic acids is 1. The maximum atomic E-state index is 10.9. The largest absolute Gasteiger partial charge is 0.478 e. The van der Waals surface area contributed by atoms with Gasteiger partial charge in [0, 0.05) is 7.05 Å². The molecule has 0 atom stereocenters. The van der Waals surface area contributed by atoms with E-state index in [1.807, 2.05) is 13.0 Å². The van der Waals surface area contributed by atoms with Crippen LogP contribution in [0, 0.1) is 6.92 Å². The second-order valence-corrected chi connectivity index (χ2v) is 4.30. The highest BCUT2D eigenvalue weighted by Gasteiger charge is 2.14. The summed E-state index contributed by atoms with van der Waals surface area (Å²) in [6, 6.07) is 6.46. The number of fused-ring (bicyclic) bond motifs is 1. The summed E-state index contributed by atoms with van der Waals surface area (Å²) in [5.41, 5.74) is 2.89. The molecule has 0 bridgehead atoms. The molecule has 1 aromatic carbocycles. The number of hydrogen-bond donors (Lipinski definition) is 1. The smallest absolute Gasteiger partial charge is 0.335 e. The van der Waals surface area contributed by atoms with E-state index in [2.05, 4.69) is 10.1 Å². The third kappa shape index (κ3) is 1.87. The van der Waals surface area contributed by atoms with Crippen LogP contribution in [0.25, 0.3) is 22.7 Å². The molecule has 3 aromatic rings. The normalized spacial score (nSPS) is 11.1. The summed E-state index contributed by atoms with van der Waals surface area (Å²) in [6.45, 7) is 1.88. The lowest BCUT2D eigenvalue weighted by atomic mass is 10.2. The molecule has 19 heavy (non-hydrogen) atoms. The van der Waals surface area contributed by atoms with Crippen molar-refractivity contribution in [3.8, 4) is 11.6 Å². The van der Waals surface area contributed by atoms with Gasteiger partial charge in [0.1, 0.15) is 11.2 Å². The molecule has 0 radical (unpaired) electrons. The van der Waals surface area contributed by atoms with Crippen LogP contribution in [0.2, 0.25) is 0 Å². The number of benzene rings is 1. The van der Waals surface area contributed by atoms with Crippen LogP contribution >= 0.6 is 0 Å². The van der Waals surface area contributed by atoms with Crippen molar-refractivity contribution in [1.29, 1.82) is 0 Å². The van der Waals surface area contributed by atoms with E-state index in [1.54, 1.807) is 17.8 Å². The van der Waals surface area contributed by atoms with Gasteiger partial charge in [0.25, 0.3) is 0 Å². The lowest BCUT2D eigenvalue weighted by Gasteiger charge is -1.93. The van der Waals surface area contributed by atoms with Gasteiger partial charge < -0.3 is 9.52 Å². The van der Waals surface area contributed by atoms with Crippen LogP contribution in [-0.2, 0) is 7.05 Å². The van der Waals surface area contributed by atoms with Gasteiger partial charge >= 0.3 is 5.97 Å². The predicted molar refractivity (Wildman–Crippen MR) is 67.9 cm³/mol. The summed E-state index contributed by atoms with van der Waals surface area (Å²) >= 11 is 0. The summed E-state index contributed by atoms with van der Waals surface area (Å²) in [7, 11) is 1.81. The van der Waals surface area contributed by atoms with Gasteiger partial charge in [-0.15, -0.1) is 0 Å². The lowest BCUT2D eigenvalue weighted by Crippen LogP contribution is -1.95. The van der Waals surface area contributed by atoms with Crippen molar-refractivity contribution in [2.24, 2.45) is 7.05 Å². The highest BCUT2D eigenvalue weighted by Crippen LogP contribution is 2.25. The minimum atomic E-state index is -0.983. The molecule has 2 aromatic heterocycles. The Balaban J connectivity index is 2.16. The van der Waals surface area contributed by atoms with Gasteiger partial charge in [-0.3, -0.25) is 4.68 Å².